The lowest BCUT2D eigenvalue weighted by atomic mass is 10.1. The molecule has 0 atom stereocenters. The van der Waals surface area contributed by atoms with Crippen molar-refractivity contribution in [1.29, 1.82) is 0 Å². The fourth-order valence-electron chi connectivity index (χ4n) is 1.17. The molecule has 0 aliphatic heterocycles. The molecule has 0 saturated heterocycles. The van der Waals surface area contributed by atoms with E-state index in [2.05, 4.69) is 15.9 Å². The molecule has 4 nitrogen and oxygen atoms in total. The normalized spacial score (nSPS) is 10.4. The van der Waals surface area contributed by atoms with Crippen molar-refractivity contribution >= 4 is 28.0 Å². The van der Waals surface area contributed by atoms with Crippen LogP contribution in [-0.2, 0) is 4.79 Å². The van der Waals surface area contributed by atoms with E-state index in [9.17, 15) is 4.79 Å². The van der Waals surface area contributed by atoms with E-state index in [4.69, 9.17) is 14.6 Å². The Morgan fingerprint density at radius 3 is 2.44 bits per heavy atom. The summed E-state index contributed by atoms with van der Waals surface area (Å²) in [7, 11) is 3.06. The van der Waals surface area contributed by atoms with Gasteiger partial charge in [0.25, 0.3) is 0 Å². The average molecular weight is 287 g/mol. The van der Waals surface area contributed by atoms with Crippen LogP contribution in [0.25, 0.3) is 6.08 Å². The van der Waals surface area contributed by atoms with Gasteiger partial charge in [-0.05, 0) is 28.1 Å². The monoisotopic (exact) mass is 286 g/mol. The third kappa shape index (κ3) is 3.00. The highest BCUT2D eigenvalue weighted by atomic mass is 79.9. The molecule has 5 heteroatoms. The smallest absolute Gasteiger partial charge is 0.328 e. The van der Waals surface area contributed by atoms with Crippen molar-refractivity contribution in [2.24, 2.45) is 0 Å². The first-order valence-electron chi connectivity index (χ1n) is 4.41. The molecule has 1 rings (SSSR count). The van der Waals surface area contributed by atoms with Crippen LogP contribution in [0, 0.1) is 0 Å². The largest absolute Gasteiger partial charge is 0.496 e. The van der Waals surface area contributed by atoms with Gasteiger partial charge in [0, 0.05) is 17.7 Å². The van der Waals surface area contributed by atoms with Crippen molar-refractivity contribution in [2.75, 3.05) is 14.2 Å². The van der Waals surface area contributed by atoms with Crippen LogP contribution in [0.5, 0.6) is 11.5 Å². The number of aliphatic carboxylic acids is 1. The molecule has 0 amide bonds. The molecule has 86 valence electrons. The minimum Gasteiger partial charge on any atom is -0.496 e. The predicted molar refractivity (Wildman–Crippen MR) is 63.9 cm³/mol. The first-order valence-corrected chi connectivity index (χ1v) is 5.20. The number of carboxylic acid groups (broad SMARTS) is 1. The third-order valence-corrected chi connectivity index (χ3v) is 2.53. The zero-order chi connectivity index (χ0) is 12.1. The van der Waals surface area contributed by atoms with E-state index in [1.807, 2.05) is 0 Å². The van der Waals surface area contributed by atoms with Gasteiger partial charge in [0.2, 0.25) is 0 Å². The van der Waals surface area contributed by atoms with Crippen molar-refractivity contribution in [3.63, 3.8) is 0 Å². The van der Waals surface area contributed by atoms with Crippen LogP contribution in [-0.4, -0.2) is 25.3 Å². The fourth-order valence-corrected chi connectivity index (χ4v) is 1.70. The molecule has 16 heavy (non-hydrogen) atoms. The van der Waals surface area contributed by atoms with Gasteiger partial charge in [-0.3, -0.25) is 0 Å². The number of hydrogen-bond acceptors (Lipinski definition) is 3. The zero-order valence-electron chi connectivity index (χ0n) is 8.86. The quantitative estimate of drug-likeness (QED) is 0.865. The van der Waals surface area contributed by atoms with Crippen LogP contribution in [0.1, 0.15) is 5.56 Å². The molecule has 0 bridgehead atoms. The molecule has 1 N–H and O–H groups in total. The second kappa shape index (κ2) is 5.55. The van der Waals surface area contributed by atoms with Gasteiger partial charge in [-0.1, -0.05) is 0 Å². The number of ether oxygens (including phenoxy) is 2. The number of carbonyl (C=O) groups is 1. The van der Waals surface area contributed by atoms with Crippen molar-refractivity contribution in [3.05, 3.63) is 28.2 Å². The lowest BCUT2D eigenvalue weighted by Crippen LogP contribution is -1.92. The summed E-state index contributed by atoms with van der Waals surface area (Å²) in [5.41, 5.74) is 0.664. The molecule has 0 heterocycles. The van der Waals surface area contributed by atoms with E-state index in [1.54, 1.807) is 19.2 Å². The van der Waals surface area contributed by atoms with Gasteiger partial charge in [0.15, 0.2) is 0 Å². The van der Waals surface area contributed by atoms with Gasteiger partial charge in [-0.15, -0.1) is 0 Å². The van der Waals surface area contributed by atoms with Crippen molar-refractivity contribution in [3.8, 4) is 11.5 Å². The Morgan fingerprint density at radius 1 is 1.31 bits per heavy atom. The molecule has 0 aromatic heterocycles. The Morgan fingerprint density at radius 2 is 1.94 bits per heavy atom. The van der Waals surface area contributed by atoms with Crippen LogP contribution >= 0.6 is 15.9 Å². The highest BCUT2D eigenvalue weighted by Crippen LogP contribution is 2.33. The van der Waals surface area contributed by atoms with E-state index in [0.717, 1.165) is 10.5 Å². The Kier molecular flexibility index (Phi) is 4.37. The van der Waals surface area contributed by atoms with Gasteiger partial charge >= 0.3 is 5.97 Å². The topological polar surface area (TPSA) is 55.8 Å². The number of halogens is 1. The van der Waals surface area contributed by atoms with Crippen LogP contribution in [0.15, 0.2) is 22.7 Å². The molecule has 0 spiro atoms. The van der Waals surface area contributed by atoms with Gasteiger partial charge in [-0.25, -0.2) is 4.79 Å². The maximum Gasteiger partial charge on any atom is 0.328 e. The summed E-state index contributed by atoms with van der Waals surface area (Å²) in [6, 6.07) is 3.42. The van der Waals surface area contributed by atoms with Crippen LogP contribution in [0.3, 0.4) is 0 Å². The summed E-state index contributed by atoms with van der Waals surface area (Å²) in [5, 5.41) is 8.54. The standard InChI is InChI=1S/C11H11BrO4/c1-15-9-6-10(16-2)8(12)5-7(9)3-4-11(13)14/h3-6H,1-2H3,(H,13,14). The molecule has 0 aliphatic rings. The van der Waals surface area contributed by atoms with Gasteiger partial charge < -0.3 is 14.6 Å². The van der Waals surface area contributed by atoms with Gasteiger partial charge in [0.1, 0.15) is 11.5 Å². The lowest BCUT2D eigenvalue weighted by Gasteiger charge is -2.09. The number of methoxy groups -OCH3 is 2. The highest BCUT2D eigenvalue weighted by Gasteiger charge is 2.07. The highest BCUT2D eigenvalue weighted by molar-refractivity contribution is 9.10. The molecule has 0 fully saturated rings. The third-order valence-electron chi connectivity index (χ3n) is 1.91. The maximum absolute atomic E-state index is 10.4. The van der Waals surface area contributed by atoms with Crippen LogP contribution < -0.4 is 9.47 Å². The maximum atomic E-state index is 10.4. The van der Waals surface area contributed by atoms with Crippen LogP contribution in [0.2, 0.25) is 0 Å². The predicted octanol–water partition coefficient (Wildman–Crippen LogP) is 2.56. The molecule has 1 aromatic carbocycles. The Hall–Kier alpha value is -1.49. The van der Waals surface area contributed by atoms with E-state index in [0.29, 0.717) is 17.1 Å². The summed E-state index contributed by atoms with van der Waals surface area (Å²) in [6.45, 7) is 0. The number of rotatable bonds is 4. The Bertz CT molecular complexity index is 426. The first kappa shape index (κ1) is 12.6. The first-order chi connectivity index (χ1) is 7.58. The number of benzene rings is 1. The molecule has 0 radical (unpaired) electrons. The SMILES string of the molecule is COc1cc(OC)c(C=CC(=O)O)cc1Br. The Balaban J connectivity index is 3.18. The minimum atomic E-state index is -1.01. The summed E-state index contributed by atoms with van der Waals surface area (Å²) in [4.78, 5) is 10.4. The number of hydrogen-bond donors (Lipinski definition) is 1. The fraction of sp³-hybridized carbons (Fsp3) is 0.182. The van der Waals surface area contributed by atoms with E-state index >= 15 is 0 Å². The minimum absolute atomic E-state index is 0.553. The molecule has 0 saturated carbocycles. The van der Waals surface area contributed by atoms with E-state index < -0.39 is 5.97 Å². The summed E-state index contributed by atoms with van der Waals surface area (Å²) >= 11 is 3.32. The Labute approximate surface area is 102 Å². The summed E-state index contributed by atoms with van der Waals surface area (Å²) in [5.74, 6) is 0.177. The molecule has 0 aliphatic carbocycles. The second-order valence-electron chi connectivity index (χ2n) is 2.90. The summed E-state index contributed by atoms with van der Waals surface area (Å²) in [6.07, 6.45) is 2.52. The average Bonchev–Trinajstić information content (AvgIpc) is 2.26. The lowest BCUT2D eigenvalue weighted by molar-refractivity contribution is -0.131. The van der Waals surface area contributed by atoms with E-state index in [-0.39, 0.29) is 0 Å². The van der Waals surface area contributed by atoms with Gasteiger partial charge in [0.05, 0.1) is 18.7 Å². The zero-order valence-corrected chi connectivity index (χ0v) is 10.4. The molecule has 1 aromatic rings. The summed E-state index contributed by atoms with van der Waals surface area (Å²) < 4.78 is 11.0. The second-order valence-corrected chi connectivity index (χ2v) is 3.75. The number of carboxylic acids is 1. The van der Waals surface area contributed by atoms with Crippen molar-refractivity contribution in [2.45, 2.75) is 0 Å². The van der Waals surface area contributed by atoms with E-state index in [1.165, 1.54) is 13.2 Å². The van der Waals surface area contributed by atoms with Crippen molar-refractivity contribution in [1.82, 2.24) is 0 Å². The van der Waals surface area contributed by atoms with Gasteiger partial charge in [-0.2, -0.15) is 0 Å². The molecular weight excluding hydrogens is 276 g/mol. The van der Waals surface area contributed by atoms with Crippen LogP contribution in [0.4, 0.5) is 0 Å². The van der Waals surface area contributed by atoms with Crippen molar-refractivity contribution < 1.29 is 19.4 Å². The molecule has 0 unspecified atom stereocenters. The molecular formula is C11H11BrO4.